The molecule has 0 aromatic heterocycles. The molecular weight excluding hydrogens is 337 g/mol. The van der Waals surface area contributed by atoms with Gasteiger partial charge in [-0.3, -0.25) is 9.59 Å². The number of nitrogens with one attached hydrogen (secondary N) is 1. The monoisotopic (exact) mass is 358 g/mol. The Kier molecular flexibility index (Phi) is 6.27. The zero-order valence-electron chi connectivity index (χ0n) is 13.9. The maximum atomic E-state index is 12.4. The molecule has 1 unspecified atom stereocenters. The Morgan fingerprint density at radius 3 is 2.80 bits per heavy atom. The Morgan fingerprint density at radius 1 is 1.36 bits per heavy atom. The predicted octanol–water partition coefficient (Wildman–Crippen LogP) is 3.24. The van der Waals surface area contributed by atoms with Crippen molar-refractivity contribution >= 4 is 17.5 Å². The number of nitrogens with zero attached hydrogens (tertiary/aromatic N) is 1. The van der Waals surface area contributed by atoms with Crippen LogP contribution in [-0.4, -0.2) is 31.3 Å². The lowest BCUT2D eigenvalue weighted by molar-refractivity contribution is -0.274. The second kappa shape index (κ2) is 8.22. The van der Waals surface area contributed by atoms with Gasteiger partial charge in [0.05, 0.1) is 0 Å². The van der Waals surface area contributed by atoms with Crippen molar-refractivity contribution < 1.29 is 27.5 Å². The maximum Gasteiger partial charge on any atom is 0.573 e. The number of hydrogen-bond donors (Lipinski definition) is 1. The number of carbonyl (C=O) groups excluding carboxylic acids is 2. The standard InChI is InChI=1S/C17H21F3N2O3/c1-2-3-4-9-21-15(23)14-8-10-22(16(14)24)12-6-5-7-13(11-12)25-17(18,19)20/h5-7,11,14H,2-4,8-10H2,1H3,(H,21,23). The summed E-state index contributed by atoms with van der Waals surface area (Å²) in [6.45, 7) is 2.85. The van der Waals surface area contributed by atoms with Crippen molar-refractivity contribution in [3.8, 4) is 5.75 Å². The van der Waals surface area contributed by atoms with Crippen LogP contribution in [0.2, 0.25) is 0 Å². The molecule has 0 spiro atoms. The van der Waals surface area contributed by atoms with E-state index in [0.29, 0.717) is 13.0 Å². The molecule has 0 bridgehead atoms. The number of rotatable bonds is 7. The Balaban J connectivity index is 1.99. The Hall–Kier alpha value is -2.25. The lowest BCUT2D eigenvalue weighted by atomic mass is 10.1. The summed E-state index contributed by atoms with van der Waals surface area (Å²) < 4.78 is 40.8. The predicted molar refractivity (Wildman–Crippen MR) is 86.1 cm³/mol. The number of carbonyl (C=O) groups is 2. The number of anilines is 1. The number of benzene rings is 1. The van der Waals surface area contributed by atoms with Crippen molar-refractivity contribution in [2.75, 3.05) is 18.0 Å². The SMILES string of the molecule is CCCCCNC(=O)C1CCN(c2cccc(OC(F)(F)F)c2)C1=O. The van der Waals surface area contributed by atoms with E-state index in [1.807, 2.05) is 0 Å². The third-order valence-corrected chi connectivity index (χ3v) is 3.96. The third kappa shape index (κ3) is 5.37. The van der Waals surface area contributed by atoms with Crippen molar-refractivity contribution in [2.45, 2.75) is 39.0 Å². The summed E-state index contributed by atoms with van der Waals surface area (Å²) in [6.07, 6.45) is -1.58. The number of alkyl halides is 3. The van der Waals surface area contributed by atoms with Crippen LogP contribution in [0.5, 0.6) is 5.75 Å². The highest BCUT2D eigenvalue weighted by Crippen LogP contribution is 2.30. The quantitative estimate of drug-likeness (QED) is 0.601. The zero-order chi connectivity index (χ0) is 18.4. The maximum absolute atomic E-state index is 12.4. The van der Waals surface area contributed by atoms with Crippen LogP contribution in [0.1, 0.15) is 32.6 Å². The van der Waals surface area contributed by atoms with E-state index in [-0.39, 0.29) is 18.1 Å². The normalized spacial score (nSPS) is 17.7. The van der Waals surface area contributed by atoms with Crippen molar-refractivity contribution in [3.05, 3.63) is 24.3 Å². The molecule has 1 aliphatic rings. The Morgan fingerprint density at radius 2 is 2.12 bits per heavy atom. The van der Waals surface area contributed by atoms with Crippen LogP contribution in [-0.2, 0) is 9.59 Å². The van der Waals surface area contributed by atoms with Crippen LogP contribution in [0.4, 0.5) is 18.9 Å². The molecule has 2 amide bonds. The van der Waals surface area contributed by atoms with Gasteiger partial charge in [-0.15, -0.1) is 13.2 Å². The number of ether oxygens (including phenoxy) is 1. The Labute approximate surface area is 144 Å². The summed E-state index contributed by atoms with van der Waals surface area (Å²) in [5.41, 5.74) is 0.285. The smallest absolute Gasteiger partial charge is 0.406 e. The molecule has 138 valence electrons. The van der Waals surface area contributed by atoms with Crippen LogP contribution in [0.15, 0.2) is 24.3 Å². The van der Waals surface area contributed by atoms with Crippen LogP contribution in [0, 0.1) is 5.92 Å². The molecule has 1 aromatic rings. The van der Waals surface area contributed by atoms with E-state index in [9.17, 15) is 22.8 Å². The molecule has 25 heavy (non-hydrogen) atoms. The molecule has 1 saturated heterocycles. The first-order chi connectivity index (χ1) is 11.8. The van der Waals surface area contributed by atoms with Gasteiger partial charge in [0, 0.05) is 24.8 Å². The molecule has 1 aromatic carbocycles. The van der Waals surface area contributed by atoms with Gasteiger partial charge < -0.3 is 15.0 Å². The summed E-state index contributed by atoms with van der Waals surface area (Å²) in [5, 5.41) is 2.74. The first kappa shape index (κ1) is 19.1. The number of hydrogen-bond acceptors (Lipinski definition) is 3. The van der Waals surface area contributed by atoms with E-state index in [1.165, 1.54) is 17.0 Å². The average Bonchev–Trinajstić information content (AvgIpc) is 2.92. The summed E-state index contributed by atoms with van der Waals surface area (Å²) in [4.78, 5) is 25.9. The van der Waals surface area contributed by atoms with E-state index in [4.69, 9.17) is 0 Å². The summed E-state index contributed by atoms with van der Waals surface area (Å²) in [5.74, 6) is -1.93. The zero-order valence-corrected chi connectivity index (χ0v) is 13.9. The highest BCUT2D eigenvalue weighted by Gasteiger charge is 2.38. The molecule has 0 radical (unpaired) electrons. The molecule has 8 heteroatoms. The molecule has 5 nitrogen and oxygen atoms in total. The van der Waals surface area contributed by atoms with E-state index < -0.39 is 23.9 Å². The summed E-state index contributed by atoms with van der Waals surface area (Å²) >= 11 is 0. The minimum Gasteiger partial charge on any atom is -0.406 e. The van der Waals surface area contributed by atoms with E-state index in [1.54, 1.807) is 0 Å². The van der Waals surface area contributed by atoms with Crippen molar-refractivity contribution in [1.82, 2.24) is 5.32 Å². The van der Waals surface area contributed by atoms with Crippen LogP contribution >= 0.6 is 0 Å². The second-order valence-corrected chi connectivity index (χ2v) is 5.87. The fourth-order valence-electron chi connectivity index (χ4n) is 2.74. The molecule has 0 aliphatic carbocycles. The third-order valence-electron chi connectivity index (χ3n) is 3.96. The molecule has 1 heterocycles. The van der Waals surface area contributed by atoms with E-state index in [0.717, 1.165) is 31.4 Å². The second-order valence-electron chi connectivity index (χ2n) is 5.87. The average molecular weight is 358 g/mol. The van der Waals surface area contributed by atoms with Crippen molar-refractivity contribution in [2.24, 2.45) is 5.92 Å². The van der Waals surface area contributed by atoms with Crippen molar-refractivity contribution in [1.29, 1.82) is 0 Å². The van der Waals surface area contributed by atoms with Gasteiger partial charge in [0.15, 0.2) is 0 Å². The largest absolute Gasteiger partial charge is 0.573 e. The van der Waals surface area contributed by atoms with Gasteiger partial charge in [-0.2, -0.15) is 0 Å². The van der Waals surface area contributed by atoms with Crippen LogP contribution in [0.25, 0.3) is 0 Å². The molecule has 1 N–H and O–H groups in total. The highest BCUT2D eigenvalue weighted by atomic mass is 19.4. The van der Waals surface area contributed by atoms with Gasteiger partial charge in [-0.1, -0.05) is 25.8 Å². The van der Waals surface area contributed by atoms with Crippen molar-refractivity contribution in [3.63, 3.8) is 0 Å². The van der Waals surface area contributed by atoms with E-state index in [2.05, 4.69) is 17.0 Å². The molecule has 1 fully saturated rings. The fourth-order valence-corrected chi connectivity index (χ4v) is 2.74. The Bertz CT molecular complexity index is 619. The molecule has 0 saturated carbocycles. The van der Waals surface area contributed by atoms with Crippen LogP contribution in [0.3, 0.4) is 0 Å². The first-order valence-electron chi connectivity index (χ1n) is 8.26. The summed E-state index contributed by atoms with van der Waals surface area (Å²) in [7, 11) is 0. The minimum atomic E-state index is -4.80. The number of unbranched alkanes of at least 4 members (excludes halogenated alkanes) is 2. The molecular formula is C17H21F3N2O3. The molecule has 1 atom stereocenters. The van der Waals surface area contributed by atoms with Gasteiger partial charge in [0.1, 0.15) is 11.7 Å². The first-order valence-corrected chi connectivity index (χ1v) is 8.26. The van der Waals surface area contributed by atoms with E-state index >= 15 is 0 Å². The lowest BCUT2D eigenvalue weighted by Crippen LogP contribution is -2.37. The summed E-state index contributed by atoms with van der Waals surface area (Å²) in [6, 6.07) is 5.20. The minimum absolute atomic E-state index is 0.279. The fraction of sp³-hybridized carbons (Fsp3) is 0.529. The van der Waals surface area contributed by atoms with Gasteiger partial charge >= 0.3 is 6.36 Å². The molecule has 2 rings (SSSR count). The lowest BCUT2D eigenvalue weighted by Gasteiger charge is -2.18. The van der Waals surface area contributed by atoms with Gasteiger partial charge in [-0.25, -0.2) is 0 Å². The van der Waals surface area contributed by atoms with Gasteiger partial charge in [0.25, 0.3) is 0 Å². The highest BCUT2D eigenvalue weighted by molar-refractivity contribution is 6.09. The van der Waals surface area contributed by atoms with Crippen LogP contribution < -0.4 is 15.0 Å². The van der Waals surface area contributed by atoms with Gasteiger partial charge in [-0.05, 0) is 25.0 Å². The topological polar surface area (TPSA) is 58.6 Å². The number of amides is 2. The van der Waals surface area contributed by atoms with Gasteiger partial charge in [0.2, 0.25) is 11.8 Å². The molecule has 1 aliphatic heterocycles. The number of halogens is 3.